The van der Waals surface area contributed by atoms with Gasteiger partial charge in [0.2, 0.25) is 10.0 Å². The molecule has 1 aromatic carbocycles. The van der Waals surface area contributed by atoms with Gasteiger partial charge < -0.3 is 9.47 Å². The first-order valence-corrected chi connectivity index (χ1v) is 13.7. The number of benzene rings is 1. The van der Waals surface area contributed by atoms with Crippen LogP contribution in [0.25, 0.3) is 0 Å². The lowest BCUT2D eigenvalue weighted by Gasteiger charge is -2.34. The first-order chi connectivity index (χ1) is 16.2. The molecular formula is C24H37F3N2O4S. The number of morpholine rings is 1. The monoisotopic (exact) mass is 506 g/mol. The van der Waals surface area contributed by atoms with Gasteiger partial charge in [0.1, 0.15) is 0 Å². The van der Waals surface area contributed by atoms with Gasteiger partial charge in [-0.25, -0.2) is 8.42 Å². The molecule has 2 aliphatic rings. The maximum atomic E-state index is 12.9. The van der Waals surface area contributed by atoms with Gasteiger partial charge in [0, 0.05) is 32.8 Å². The van der Waals surface area contributed by atoms with Crippen molar-refractivity contribution in [2.24, 2.45) is 0 Å². The van der Waals surface area contributed by atoms with Gasteiger partial charge in [0.15, 0.2) is 0 Å². The van der Waals surface area contributed by atoms with Crippen molar-refractivity contribution >= 4 is 10.0 Å². The SMILES string of the molecule is CN(C1CCC(OCCCCCCN2CCOCC2)CC1)S(=O)(=O)c1ccc(C(F)(F)F)cc1. The summed E-state index contributed by atoms with van der Waals surface area (Å²) in [6, 6.07) is 3.52. The van der Waals surface area contributed by atoms with Crippen LogP contribution in [0.2, 0.25) is 0 Å². The molecule has 0 bridgehead atoms. The van der Waals surface area contributed by atoms with Gasteiger partial charge in [-0.05, 0) is 69.3 Å². The average Bonchev–Trinajstić information content (AvgIpc) is 2.83. The number of alkyl halides is 3. The number of nitrogens with zero attached hydrogens (tertiary/aromatic N) is 2. The number of sulfonamides is 1. The number of ether oxygens (including phenoxy) is 2. The third kappa shape index (κ3) is 7.91. The molecule has 1 aliphatic carbocycles. The van der Waals surface area contributed by atoms with Crippen molar-refractivity contribution in [3.05, 3.63) is 29.8 Å². The molecule has 1 saturated heterocycles. The van der Waals surface area contributed by atoms with Crippen LogP contribution in [0.1, 0.15) is 56.9 Å². The van der Waals surface area contributed by atoms with Crippen molar-refractivity contribution < 1.29 is 31.1 Å². The largest absolute Gasteiger partial charge is 0.416 e. The number of rotatable bonds is 11. The Hall–Kier alpha value is -1.20. The normalized spacial score (nSPS) is 22.9. The molecule has 1 aliphatic heterocycles. The van der Waals surface area contributed by atoms with Crippen molar-refractivity contribution in [3.8, 4) is 0 Å². The second kappa shape index (κ2) is 12.7. The number of unbranched alkanes of at least 4 members (excludes halogenated alkanes) is 3. The van der Waals surface area contributed by atoms with Gasteiger partial charge >= 0.3 is 6.18 Å². The van der Waals surface area contributed by atoms with E-state index in [0.29, 0.717) is 12.8 Å². The molecule has 0 unspecified atom stereocenters. The maximum Gasteiger partial charge on any atom is 0.416 e. The van der Waals surface area contributed by atoms with E-state index in [2.05, 4.69) is 4.90 Å². The maximum absolute atomic E-state index is 12.9. The lowest BCUT2D eigenvalue weighted by Crippen LogP contribution is -2.40. The first kappa shape index (κ1) is 27.4. The summed E-state index contributed by atoms with van der Waals surface area (Å²) < 4.78 is 76.7. The van der Waals surface area contributed by atoms with Gasteiger partial charge in [-0.15, -0.1) is 0 Å². The molecule has 1 saturated carbocycles. The van der Waals surface area contributed by atoms with Crippen molar-refractivity contribution in [1.29, 1.82) is 0 Å². The molecule has 10 heteroatoms. The van der Waals surface area contributed by atoms with E-state index >= 15 is 0 Å². The van der Waals surface area contributed by atoms with Gasteiger partial charge in [0.05, 0.1) is 29.8 Å². The Morgan fingerprint density at radius 1 is 1.00 bits per heavy atom. The van der Waals surface area contributed by atoms with Crippen molar-refractivity contribution in [2.45, 2.75) is 74.6 Å². The highest BCUT2D eigenvalue weighted by atomic mass is 32.2. The second-order valence-corrected chi connectivity index (χ2v) is 11.2. The van der Waals surface area contributed by atoms with Crippen LogP contribution in [0.3, 0.4) is 0 Å². The smallest absolute Gasteiger partial charge is 0.379 e. The molecule has 0 atom stereocenters. The lowest BCUT2D eigenvalue weighted by atomic mass is 9.93. The zero-order valence-electron chi connectivity index (χ0n) is 19.9. The quantitative estimate of drug-likeness (QED) is 0.412. The van der Waals surface area contributed by atoms with E-state index in [-0.39, 0.29) is 17.0 Å². The van der Waals surface area contributed by atoms with Crippen LogP contribution in [0, 0.1) is 0 Å². The zero-order valence-corrected chi connectivity index (χ0v) is 20.7. The molecule has 6 nitrogen and oxygen atoms in total. The molecule has 1 aromatic rings. The molecular weight excluding hydrogens is 469 g/mol. The van der Waals surface area contributed by atoms with Crippen LogP contribution in [0.4, 0.5) is 13.2 Å². The van der Waals surface area contributed by atoms with Crippen LogP contribution in [0.5, 0.6) is 0 Å². The molecule has 0 spiro atoms. The molecule has 194 valence electrons. The van der Waals surface area contributed by atoms with E-state index in [1.165, 1.54) is 24.2 Å². The fraction of sp³-hybridized carbons (Fsp3) is 0.750. The predicted molar refractivity (Wildman–Crippen MR) is 124 cm³/mol. The average molecular weight is 507 g/mol. The minimum Gasteiger partial charge on any atom is -0.379 e. The van der Waals surface area contributed by atoms with Crippen LogP contribution in [-0.4, -0.2) is 76.3 Å². The topological polar surface area (TPSA) is 59.1 Å². The van der Waals surface area contributed by atoms with Gasteiger partial charge in [-0.2, -0.15) is 17.5 Å². The molecule has 3 rings (SSSR count). The van der Waals surface area contributed by atoms with Gasteiger partial charge in [-0.3, -0.25) is 4.90 Å². The summed E-state index contributed by atoms with van der Waals surface area (Å²) in [4.78, 5) is 2.34. The summed E-state index contributed by atoms with van der Waals surface area (Å²) in [7, 11) is -2.33. The van der Waals surface area contributed by atoms with Crippen molar-refractivity contribution in [3.63, 3.8) is 0 Å². The minimum atomic E-state index is -4.49. The van der Waals surface area contributed by atoms with Crippen LogP contribution >= 0.6 is 0 Å². The molecule has 34 heavy (non-hydrogen) atoms. The highest BCUT2D eigenvalue weighted by Crippen LogP contribution is 2.32. The van der Waals surface area contributed by atoms with Crippen molar-refractivity contribution in [2.75, 3.05) is 46.5 Å². The third-order valence-electron chi connectivity index (χ3n) is 6.84. The summed E-state index contributed by atoms with van der Waals surface area (Å²) >= 11 is 0. The van der Waals surface area contributed by atoms with Crippen LogP contribution in [0.15, 0.2) is 29.2 Å². The summed E-state index contributed by atoms with van der Waals surface area (Å²) in [5, 5.41) is 0. The first-order valence-electron chi connectivity index (χ1n) is 12.2. The second-order valence-electron chi connectivity index (χ2n) is 9.21. The van der Waals surface area contributed by atoms with E-state index in [9.17, 15) is 21.6 Å². The number of hydrogen-bond donors (Lipinski definition) is 0. The Morgan fingerprint density at radius 3 is 2.24 bits per heavy atom. The summed E-state index contributed by atoms with van der Waals surface area (Å²) in [5.41, 5.74) is -0.858. The Kier molecular flexibility index (Phi) is 10.2. The minimum absolute atomic E-state index is 0.116. The van der Waals surface area contributed by atoms with E-state index in [1.54, 1.807) is 0 Å². The summed E-state index contributed by atoms with van der Waals surface area (Å²) in [5.74, 6) is 0. The summed E-state index contributed by atoms with van der Waals surface area (Å²) in [6.07, 6.45) is 3.16. The fourth-order valence-electron chi connectivity index (χ4n) is 4.62. The summed E-state index contributed by atoms with van der Waals surface area (Å²) in [6.45, 7) is 5.61. The van der Waals surface area contributed by atoms with E-state index in [1.807, 2.05) is 0 Å². The standard InChI is InChI=1S/C24H37F3N2O4S/c1-28(34(30,31)23-12-6-20(7-13-23)24(25,26)27)21-8-10-22(11-9-21)33-17-5-3-2-4-14-29-15-18-32-19-16-29/h6-7,12-13,21-22H,2-5,8-11,14-19H2,1H3. The van der Waals surface area contributed by atoms with Gasteiger partial charge in [0.25, 0.3) is 0 Å². The number of halogens is 3. The highest BCUT2D eigenvalue weighted by molar-refractivity contribution is 7.89. The van der Waals surface area contributed by atoms with Crippen LogP contribution < -0.4 is 0 Å². The highest BCUT2D eigenvalue weighted by Gasteiger charge is 2.34. The van der Waals surface area contributed by atoms with E-state index in [0.717, 1.165) is 89.4 Å². The molecule has 0 aromatic heterocycles. The third-order valence-corrected chi connectivity index (χ3v) is 8.77. The molecule has 1 heterocycles. The molecule has 0 radical (unpaired) electrons. The zero-order chi connectivity index (χ0) is 24.6. The Morgan fingerprint density at radius 2 is 1.62 bits per heavy atom. The van der Waals surface area contributed by atoms with E-state index in [4.69, 9.17) is 9.47 Å². The van der Waals surface area contributed by atoms with E-state index < -0.39 is 21.8 Å². The molecule has 2 fully saturated rings. The molecule has 0 N–H and O–H groups in total. The fourth-order valence-corrected chi connectivity index (χ4v) is 6.04. The number of hydrogen-bond acceptors (Lipinski definition) is 5. The molecule has 0 amide bonds. The Balaban J connectivity index is 1.33. The Bertz CT molecular complexity index is 835. The van der Waals surface area contributed by atoms with Crippen LogP contribution in [-0.2, 0) is 25.7 Å². The predicted octanol–water partition coefficient (Wildman–Crippen LogP) is 4.55. The van der Waals surface area contributed by atoms with Crippen molar-refractivity contribution in [1.82, 2.24) is 9.21 Å². The Labute approximate surface area is 201 Å². The van der Waals surface area contributed by atoms with Gasteiger partial charge in [-0.1, -0.05) is 12.8 Å². The lowest BCUT2D eigenvalue weighted by molar-refractivity contribution is -0.137.